The van der Waals surface area contributed by atoms with Crippen molar-refractivity contribution < 1.29 is 8.78 Å². The van der Waals surface area contributed by atoms with Gasteiger partial charge in [-0.1, -0.05) is 13.8 Å². The third-order valence-electron chi connectivity index (χ3n) is 2.49. The van der Waals surface area contributed by atoms with Crippen molar-refractivity contribution in [3.8, 4) is 0 Å². The molecule has 1 nitrogen and oxygen atoms in total. The summed E-state index contributed by atoms with van der Waals surface area (Å²) in [5.41, 5.74) is 6.12. The van der Waals surface area contributed by atoms with E-state index in [9.17, 15) is 8.78 Å². The van der Waals surface area contributed by atoms with Crippen LogP contribution in [0.25, 0.3) is 0 Å². The molecule has 1 unspecified atom stereocenters. The molecule has 1 rings (SSSR count). The van der Waals surface area contributed by atoms with E-state index in [-0.39, 0.29) is 5.56 Å². The molecule has 0 saturated heterocycles. The van der Waals surface area contributed by atoms with Crippen molar-refractivity contribution in [2.24, 2.45) is 11.7 Å². The third kappa shape index (κ3) is 5.04. The predicted molar refractivity (Wildman–Crippen MR) is 70.1 cm³/mol. The summed E-state index contributed by atoms with van der Waals surface area (Å²) in [6.45, 7) is 4.32. The highest BCUT2D eigenvalue weighted by Gasteiger charge is 2.12. The molecule has 2 N–H and O–H groups in total. The van der Waals surface area contributed by atoms with Crippen molar-refractivity contribution in [3.63, 3.8) is 0 Å². The van der Waals surface area contributed by atoms with Gasteiger partial charge < -0.3 is 5.73 Å². The van der Waals surface area contributed by atoms with Gasteiger partial charge in [-0.2, -0.15) is 11.8 Å². The largest absolute Gasteiger partial charge is 0.323 e. The number of benzene rings is 1. The Hall–Kier alpha value is -0.610. The average Bonchev–Trinajstić information content (AvgIpc) is 2.27. The summed E-state index contributed by atoms with van der Waals surface area (Å²) in [6.07, 6.45) is 1.11. The maximum absolute atomic E-state index is 13.4. The summed E-state index contributed by atoms with van der Waals surface area (Å²) in [5, 5.41) is 0. The molecule has 0 aliphatic heterocycles. The lowest BCUT2D eigenvalue weighted by Gasteiger charge is -2.13. The van der Waals surface area contributed by atoms with E-state index < -0.39 is 17.7 Å². The van der Waals surface area contributed by atoms with E-state index in [2.05, 4.69) is 13.8 Å². The molecule has 0 spiro atoms. The van der Waals surface area contributed by atoms with Gasteiger partial charge in [0.25, 0.3) is 0 Å². The van der Waals surface area contributed by atoms with E-state index in [0.717, 1.165) is 24.3 Å². The number of rotatable bonds is 6. The SMILES string of the molecule is CC(C)CCSCC(N)c1cc(F)ccc1F. The Labute approximate surface area is 106 Å². The number of nitrogens with two attached hydrogens (primary N) is 1. The second-order valence-electron chi connectivity index (χ2n) is 4.53. The van der Waals surface area contributed by atoms with Gasteiger partial charge in [0.1, 0.15) is 11.6 Å². The second kappa shape index (κ2) is 6.97. The van der Waals surface area contributed by atoms with Crippen LogP contribution < -0.4 is 5.73 Å². The van der Waals surface area contributed by atoms with Crippen molar-refractivity contribution in [1.29, 1.82) is 0 Å². The number of hydrogen-bond acceptors (Lipinski definition) is 2. The van der Waals surface area contributed by atoms with Gasteiger partial charge >= 0.3 is 0 Å². The van der Waals surface area contributed by atoms with Crippen LogP contribution in [0.2, 0.25) is 0 Å². The highest BCUT2D eigenvalue weighted by Crippen LogP contribution is 2.21. The Balaban J connectivity index is 2.46. The zero-order valence-corrected chi connectivity index (χ0v) is 11.1. The summed E-state index contributed by atoms with van der Waals surface area (Å²) in [5.74, 6) is 1.41. The molecule has 0 heterocycles. The molecule has 96 valence electrons. The van der Waals surface area contributed by atoms with Gasteiger partial charge in [-0.15, -0.1) is 0 Å². The van der Waals surface area contributed by atoms with Crippen LogP contribution in [-0.2, 0) is 0 Å². The Morgan fingerprint density at radius 3 is 2.65 bits per heavy atom. The van der Waals surface area contributed by atoms with Crippen molar-refractivity contribution in [2.45, 2.75) is 26.3 Å². The van der Waals surface area contributed by atoms with Crippen molar-refractivity contribution in [1.82, 2.24) is 0 Å². The lowest BCUT2D eigenvalue weighted by molar-refractivity contribution is 0.573. The topological polar surface area (TPSA) is 26.0 Å². The standard InChI is InChI=1S/C13H19F2NS/c1-9(2)5-6-17-8-13(16)11-7-10(14)3-4-12(11)15/h3-4,7,9,13H,5-6,8,16H2,1-2H3. The first-order valence-corrected chi connectivity index (χ1v) is 6.94. The Kier molecular flexibility index (Phi) is 5.92. The van der Waals surface area contributed by atoms with Crippen molar-refractivity contribution >= 4 is 11.8 Å². The smallest absolute Gasteiger partial charge is 0.128 e. The van der Waals surface area contributed by atoms with Crippen LogP contribution in [0.4, 0.5) is 8.78 Å². The Bertz CT molecular complexity index is 355. The molecular weight excluding hydrogens is 240 g/mol. The zero-order valence-electron chi connectivity index (χ0n) is 10.2. The molecule has 1 aromatic carbocycles. The van der Waals surface area contributed by atoms with Crippen LogP contribution >= 0.6 is 11.8 Å². The van der Waals surface area contributed by atoms with E-state index in [4.69, 9.17) is 5.73 Å². The molecule has 1 atom stereocenters. The van der Waals surface area contributed by atoms with Gasteiger partial charge in [-0.25, -0.2) is 8.78 Å². The predicted octanol–water partition coefficient (Wildman–Crippen LogP) is 3.74. The molecular formula is C13H19F2NS. The lowest BCUT2D eigenvalue weighted by Crippen LogP contribution is -2.15. The summed E-state index contributed by atoms with van der Waals surface area (Å²) in [7, 11) is 0. The quantitative estimate of drug-likeness (QED) is 0.787. The van der Waals surface area contributed by atoms with E-state index in [1.165, 1.54) is 6.07 Å². The number of hydrogen-bond donors (Lipinski definition) is 1. The molecule has 0 aliphatic carbocycles. The van der Waals surface area contributed by atoms with Gasteiger partial charge in [0.05, 0.1) is 0 Å². The second-order valence-corrected chi connectivity index (χ2v) is 5.68. The fourth-order valence-corrected chi connectivity index (χ4v) is 2.66. The lowest BCUT2D eigenvalue weighted by atomic mass is 10.1. The Morgan fingerprint density at radius 1 is 1.29 bits per heavy atom. The minimum Gasteiger partial charge on any atom is -0.323 e. The highest BCUT2D eigenvalue weighted by molar-refractivity contribution is 7.99. The third-order valence-corrected chi connectivity index (χ3v) is 3.61. The van der Waals surface area contributed by atoms with Crippen LogP contribution in [0.5, 0.6) is 0 Å². The molecule has 0 radical (unpaired) electrons. The van der Waals surface area contributed by atoms with Gasteiger partial charge in [0.15, 0.2) is 0 Å². The first-order valence-electron chi connectivity index (χ1n) is 5.79. The molecule has 0 aliphatic rings. The highest BCUT2D eigenvalue weighted by atomic mass is 32.2. The van der Waals surface area contributed by atoms with Gasteiger partial charge in [0, 0.05) is 17.4 Å². The fraction of sp³-hybridized carbons (Fsp3) is 0.538. The van der Waals surface area contributed by atoms with Crippen molar-refractivity contribution in [2.75, 3.05) is 11.5 Å². The van der Waals surface area contributed by atoms with Crippen molar-refractivity contribution in [3.05, 3.63) is 35.4 Å². The Morgan fingerprint density at radius 2 is 2.00 bits per heavy atom. The first kappa shape index (κ1) is 14.5. The average molecular weight is 259 g/mol. The van der Waals surface area contributed by atoms with Gasteiger partial charge in [0.2, 0.25) is 0 Å². The van der Waals surface area contributed by atoms with Crippen LogP contribution in [-0.4, -0.2) is 11.5 Å². The minimum absolute atomic E-state index is 0.266. The monoisotopic (exact) mass is 259 g/mol. The number of halogens is 2. The number of thioether (sulfide) groups is 1. The molecule has 17 heavy (non-hydrogen) atoms. The maximum Gasteiger partial charge on any atom is 0.128 e. The zero-order chi connectivity index (χ0) is 12.8. The molecule has 0 bridgehead atoms. The van der Waals surface area contributed by atoms with Crippen LogP contribution in [0.3, 0.4) is 0 Å². The summed E-state index contributed by atoms with van der Waals surface area (Å²) < 4.78 is 26.4. The van der Waals surface area contributed by atoms with E-state index >= 15 is 0 Å². The molecule has 0 saturated carbocycles. The van der Waals surface area contributed by atoms with E-state index in [1.807, 2.05) is 0 Å². The van der Waals surface area contributed by atoms with Crippen LogP contribution in [0, 0.1) is 17.6 Å². The van der Waals surface area contributed by atoms with Crippen LogP contribution in [0.15, 0.2) is 18.2 Å². The fourth-order valence-electron chi connectivity index (χ4n) is 1.42. The van der Waals surface area contributed by atoms with Gasteiger partial charge in [-0.3, -0.25) is 0 Å². The van der Waals surface area contributed by atoms with E-state index in [1.54, 1.807) is 11.8 Å². The summed E-state index contributed by atoms with van der Waals surface area (Å²) in [6, 6.07) is 2.98. The minimum atomic E-state index is -0.442. The normalized spacial score (nSPS) is 13.1. The summed E-state index contributed by atoms with van der Waals surface area (Å²) in [4.78, 5) is 0. The first-order chi connectivity index (χ1) is 8.00. The molecule has 0 fully saturated rings. The summed E-state index contributed by atoms with van der Waals surface area (Å²) >= 11 is 1.68. The molecule has 1 aromatic rings. The van der Waals surface area contributed by atoms with Crippen LogP contribution in [0.1, 0.15) is 31.9 Å². The molecule has 0 aromatic heterocycles. The van der Waals surface area contributed by atoms with Gasteiger partial charge in [-0.05, 0) is 36.3 Å². The molecule has 4 heteroatoms. The maximum atomic E-state index is 13.4. The molecule has 0 amide bonds. The van der Waals surface area contributed by atoms with E-state index in [0.29, 0.717) is 11.7 Å².